The fourth-order valence-corrected chi connectivity index (χ4v) is 1.70. The molecule has 3 N–H and O–H groups in total. The van der Waals surface area contributed by atoms with Gasteiger partial charge in [0.25, 0.3) is 0 Å². The Morgan fingerprint density at radius 2 is 1.94 bits per heavy atom. The summed E-state index contributed by atoms with van der Waals surface area (Å²) in [6, 6.07) is 6.08. The molecule has 0 bridgehead atoms. The first-order chi connectivity index (χ1) is 8.01. The molecule has 1 aromatic carbocycles. The van der Waals surface area contributed by atoms with Gasteiger partial charge in [0.15, 0.2) is 0 Å². The van der Waals surface area contributed by atoms with Crippen molar-refractivity contribution in [2.24, 2.45) is 5.84 Å². The van der Waals surface area contributed by atoms with E-state index in [-0.39, 0.29) is 12.0 Å². The van der Waals surface area contributed by atoms with Crippen molar-refractivity contribution in [3.63, 3.8) is 0 Å². The predicted octanol–water partition coefficient (Wildman–Crippen LogP) is 1.84. The minimum Gasteiger partial charge on any atom is -0.491 e. The second kappa shape index (κ2) is 6.25. The van der Waals surface area contributed by atoms with Crippen LogP contribution in [0, 0.1) is 13.8 Å². The van der Waals surface area contributed by atoms with Crippen LogP contribution in [0.5, 0.6) is 5.75 Å². The van der Waals surface area contributed by atoms with E-state index in [4.69, 9.17) is 10.6 Å². The molecule has 17 heavy (non-hydrogen) atoms. The van der Waals surface area contributed by atoms with E-state index < -0.39 is 0 Å². The van der Waals surface area contributed by atoms with E-state index in [1.54, 1.807) is 0 Å². The van der Waals surface area contributed by atoms with Crippen LogP contribution >= 0.6 is 0 Å². The Hall–Kier alpha value is -1.55. The van der Waals surface area contributed by atoms with Crippen molar-refractivity contribution in [3.05, 3.63) is 29.3 Å². The SMILES string of the molecule is Cc1cc(C)cc(OC(C)CCC(=O)NN)c1. The van der Waals surface area contributed by atoms with E-state index in [1.165, 1.54) is 11.1 Å². The number of hydrogen-bond donors (Lipinski definition) is 2. The van der Waals surface area contributed by atoms with Crippen LogP contribution in [0.1, 0.15) is 30.9 Å². The van der Waals surface area contributed by atoms with Crippen molar-refractivity contribution < 1.29 is 9.53 Å². The number of rotatable bonds is 5. The molecule has 0 spiro atoms. The average Bonchev–Trinajstić information content (AvgIpc) is 2.24. The Morgan fingerprint density at radius 1 is 1.35 bits per heavy atom. The highest BCUT2D eigenvalue weighted by atomic mass is 16.5. The first-order valence-corrected chi connectivity index (χ1v) is 5.75. The van der Waals surface area contributed by atoms with Gasteiger partial charge in [0.1, 0.15) is 5.75 Å². The maximum atomic E-state index is 11.0. The number of benzene rings is 1. The molecule has 0 fully saturated rings. The van der Waals surface area contributed by atoms with Crippen LogP contribution < -0.4 is 16.0 Å². The number of carbonyl (C=O) groups excluding carboxylic acids is 1. The van der Waals surface area contributed by atoms with Crippen molar-refractivity contribution in [2.75, 3.05) is 0 Å². The van der Waals surface area contributed by atoms with Gasteiger partial charge in [-0.3, -0.25) is 10.2 Å². The van der Waals surface area contributed by atoms with Gasteiger partial charge in [-0.15, -0.1) is 0 Å². The molecule has 0 aliphatic carbocycles. The van der Waals surface area contributed by atoms with E-state index in [9.17, 15) is 4.79 Å². The monoisotopic (exact) mass is 236 g/mol. The smallest absolute Gasteiger partial charge is 0.234 e. The summed E-state index contributed by atoms with van der Waals surface area (Å²) < 4.78 is 5.75. The van der Waals surface area contributed by atoms with Crippen molar-refractivity contribution in [1.29, 1.82) is 0 Å². The average molecular weight is 236 g/mol. The zero-order chi connectivity index (χ0) is 12.8. The number of ether oxygens (including phenoxy) is 1. The molecule has 0 aliphatic rings. The Balaban J connectivity index is 2.50. The van der Waals surface area contributed by atoms with Gasteiger partial charge in [-0.05, 0) is 50.5 Å². The number of amides is 1. The van der Waals surface area contributed by atoms with Crippen molar-refractivity contribution in [1.82, 2.24) is 5.43 Å². The summed E-state index contributed by atoms with van der Waals surface area (Å²) >= 11 is 0. The summed E-state index contributed by atoms with van der Waals surface area (Å²) in [6.45, 7) is 6.01. The van der Waals surface area contributed by atoms with Crippen molar-refractivity contribution in [2.45, 2.75) is 39.7 Å². The maximum Gasteiger partial charge on any atom is 0.234 e. The number of nitrogens with two attached hydrogens (primary N) is 1. The molecule has 0 radical (unpaired) electrons. The molecule has 0 saturated carbocycles. The molecule has 0 aromatic heterocycles. The molecule has 1 amide bonds. The molecular formula is C13H20N2O2. The molecule has 1 unspecified atom stereocenters. The molecule has 1 rings (SSSR count). The zero-order valence-electron chi connectivity index (χ0n) is 10.6. The quantitative estimate of drug-likeness (QED) is 0.466. The summed E-state index contributed by atoms with van der Waals surface area (Å²) in [5, 5.41) is 0. The minimum absolute atomic E-state index is 0.00602. The number of hydrogen-bond acceptors (Lipinski definition) is 3. The number of carbonyl (C=O) groups is 1. The van der Waals surface area contributed by atoms with Crippen LogP contribution in [0.3, 0.4) is 0 Å². The molecule has 94 valence electrons. The Morgan fingerprint density at radius 3 is 2.47 bits per heavy atom. The van der Waals surface area contributed by atoms with E-state index in [0.717, 1.165) is 5.75 Å². The third-order valence-corrected chi connectivity index (χ3v) is 2.47. The Kier molecular flexibility index (Phi) is 4.97. The number of nitrogens with one attached hydrogen (secondary N) is 1. The van der Waals surface area contributed by atoms with Gasteiger partial charge in [0, 0.05) is 6.42 Å². The third-order valence-electron chi connectivity index (χ3n) is 2.47. The van der Waals surface area contributed by atoms with Crippen LogP contribution in [0.25, 0.3) is 0 Å². The third kappa shape index (κ3) is 4.87. The van der Waals surface area contributed by atoms with Gasteiger partial charge >= 0.3 is 0 Å². The van der Waals surface area contributed by atoms with Crippen LogP contribution in [-0.4, -0.2) is 12.0 Å². The van der Waals surface area contributed by atoms with E-state index in [1.807, 2.05) is 32.9 Å². The summed E-state index contributed by atoms with van der Waals surface area (Å²) in [6.07, 6.45) is 1.02. The highest BCUT2D eigenvalue weighted by Crippen LogP contribution is 2.18. The zero-order valence-corrected chi connectivity index (χ0v) is 10.6. The molecule has 4 nitrogen and oxygen atoms in total. The highest BCUT2D eigenvalue weighted by Gasteiger charge is 2.07. The first kappa shape index (κ1) is 13.5. The molecule has 1 atom stereocenters. The molecule has 0 aliphatic heterocycles. The predicted molar refractivity (Wildman–Crippen MR) is 67.6 cm³/mol. The van der Waals surface area contributed by atoms with Crippen LogP contribution in [0.15, 0.2) is 18.2 Å². The standard InChI is InChI=1S/C13H20N2O2/c1-9-6-10(2)8-12(7-9)17-11(3)4-5-13(16)15-14/h6-8,11H,4-5,14H2,1-3H3,(H,15,16). The van der Waals surface area contributed by atoms with Crippen LogP contribution in [0.2, 0.25) is 0 Å². The first-order valence-electron chi connectivity index (χ1n) is 5.75. The molecule has 0 heterocycles. The van der Waals surface area contributed by atoms with Gasteiger partial charge < -0.3 is 4.74 Å². The van der Waals surface area contributed by atoms with Crippen molar-refractivity contribution >= 4 is 5.91 Å². The van der Waals surface area contributed by atoms with E-state index >= 15 is 0 Å². The van der Waals surface area contributed by atoms with Gasteiger partial charge in [-0.25, -0.2) is 5.84 Å². The second-order valence-corrected chi connectivity index (χ2v) is 4.36. The minimum atomic E-state index is -0.166. The molecule has 4 heteroatoms. The number of aryl methyl sites for hydroxylation is 2. The normalized spacial score (nSPS) is 12.0. The highest BCUT2D eigenvalue weighted by molar-refractivity contribution is 5.75. The lowest BCUT2D eigenvalue weighted by atomic mass is 10.1. The van der Waals surface area contributed by atoms with Gasteiger partial charge in [0.2, 0.25) is 5.91 Å². The van der Waals surface area contributed by atoms with Gasteiger partial charge in [-0.1, -0.05) is 6.07 Å². The van der Waals surface area contributed by atoms with Crippen LogP contribution in [0.4, 0.5) is 0 Å². The largest absolute Gasteiger partial charge is 0.491 e. The fourth-order valence-electron chi connectivity index (χ4n) is 1.70. The lowest BCUT2D eigenvalue weighted by Gasteiger charge is -2.15. The molecule has 0 saturated heterocycles. The molecule has 1 aromatic rings. The van der Waals surface area contributed by atoms with Gasteiger partial charge in [-0.2, -0.15) is 0 Å². The lowest BCUT2D eigenvalue weighted by Crippen LogP contribution is -2.30. The summed E-state index contributed by atoms with van der Waals surface area (Å²) in [5.41, 5.74) is 4.45. The summed E-state index contributed by atoms with van der Waals surface area (Å²) in [7, 11) is 0. The van der Waals surface area contributed by atoms with Gasteiger partial charge in [0.05, 0.1) is 6.10 Å². The molecular weight excluding hydrogens is 216 g/mol. The summed E-state index contributed by atoms with van der Waals surface area (Å²) in [5.74, 6) is 5.69. The second-order valence-electron chi connectivity index (χ2n) is 4.36. The van der Waals surface area contributed by atoms with E-state index in [2.05, 4.69) is 11.5 Å². The maximum absolute atomic E-state index is 11.0. The fraction of sp³-hybridized carbons (Fsp3) is 0.462. The summed E-state index contributed by atoms with van der Waals surface area (Å²) in [4.78, 5) is 11.0. The Labute approximate surface area is 102 Å². The Bertz CT molecular complexity index is 371. The topological polar surface area (TPSA) is 64.3 Å². The lowest BCUT2D eigenvalue weighted by molar-refractivity contribution is -0.121. The van der Waals surface area contributed by atoms with Crippen LogP contribution in [-0.2, 0) is 4.79 Å². The number of hydrazine groups is 1. The van der Waals surface area contributed by atoms with E-state index in [0.29, 0.717) is 12.8 Å². The van der Waals surface area contributed by atoms with Crippen molar-refractivity contribution in [3.8, 4) is 5.75 Å².